The van der Waals surface area contributed by atoms with Gasteiger partial charge in [-0.3, -0.25) is 0 Å². The maximum atomic E-state index is 5.40. The summed E-state index contributed by atoms with van der Waals surface area (Å²) in [7, 11) is 0. The molecule has 0 bridgehead atoms. The lowest BCUT2D eigenvalue weighted by molar-refractivity contribution is 0.385. The molecule has 1 aromatic heterocycles. The van der Waals surface area contributed by atoms with Gasteiger partial charge in [-0.05, 0) is 41.0 Å². The maximum absolute atomic E-state index is 5.40. The van der Waals surface area contributed by atoms with Gasteiger partial charge >= 0.3 is 0 Å². The molecule has 3 aromatic carbocycles. The highest BCUT2D eigenvalue weighted by Gasteiger charge is 2.09. The second-order valence-corrected chi connectivity index (χ2v) is 6.67. The summed E-state index contributed by atoms with van der Waals surface area (Å²) >= 11 is 3.43. The minimum Gasteiger partial charge on any atom is -0.339 e. The van der Waals surface area contributed by atoms with Crippen LogP contribution in [-0.4, -0.2) is 10.1 Å². The van der Waals surface area contributed by atoms with Crippen LogP contribution in [0.1, 0.15) is 11.5 Å². The third-order valence-electron chi connectivity index (χ3n) is 3.99. The van der Waals surface area contributed by atoms with E-state index in [0.29, 0.717) is 18.1 Å². The molecular formula is C21H15BrN2O. The fourth-order valence-corrected chi connectivity index (χ4v) is 2.93. The summed E-state index contributed by atoms with van der Waals surface area (Å²) in [5.41, 5.74) is 4.50. The normalized spacial score (nSPS) is 10.8. The van der Waals surface area contributed by atoms with Crippen LogP contribution in [0.25, 0.3) is 22.5 Å². The zero-order valence-electron chi connectivity index (χ0n) is 13.4. The van der Waals surface area contributed by atoms with E-state index in [2.05, 4.69) is 62.5 Å². The molecule has 0 atom stereocenters. The number of hydrogen-bond acceptors (Lipinski definition) is 3. The molecule has 0 amide bonds. The van der Waals surface area contributed by atoms with Crippen LogP contribution < -0.4 is 0 Å². The highest BCUT2D eigenvalue weighted by molar-refractivity contribution is 9.10. The van der Waals surface area contributed by atoms with E-state index in [-0.39, 0.29) is 0 Å². The molecule has 0 saturated carbocycles. The van der Waals surface area contributed by atoms with E-state index in [0.717, 1.165) is 15.6 Å². The topological polar surface area (TPSA) is 38.9 Å². The average molecular weight is 391 g/mol. The van der Waals surface area contributed by atoms with Gasteiger partial charge in [0.15, 0.2) is 0 Å². The van der Waals surface area contributed by atoms with Gasteiger partial charge in [0, 0.05) is 10.0 Å². The molecule has 0 spiro atoms. The molecule has 1 heterocycles. The van der Waals surface area contributed by atoms with Crippen LogP contribution in [-0.2, 0) is 6.42 Å². The van der Waals surface area contributed by atoms with Gasteiger partial charge in [0.05, 0.1) is 6.42 Å². The monoisotopic (exact) mass is 390 g/mol. The van der Waals surface area contributed by atoms with Crippen molar-refractivity contribution < 1.29 is 4.52 Å². The molecular weight excluding hydrogens is 376 g/mol. The van der Waals surface area contributed by atoms with Gasteiger partial charge in [0.25, 0.3) is 0 Å². The minimum absolute atomic E-state index is 0.614. The van der Waals surface area contributed by atoms with E-state index in [1.807, 2.05) is 42.5 Å². The summed E-state index contributed by atoms with van der Waals surface area (Å²) in [6.45, 7) is 0. The van der Waals surface area contributed by atoms with Crippen LogP contribution in [0.4, 0.5) is 0 Å². The molecule has 0 radical (unpaired) electrons. The number of nitrogens with zero attached hydrogens (tertiary/aromatic N) is 2. The molecule has 0 fully saturated rings. The molecule has 4 heteroatoms. The summed E-state index contributed by atoms with van der Waals surface area (Å²) in [5.74, 6) is 1.23. The maximum Gasteiger partial charge on any atom is 0.231 e. The predicted octanol–water partition coefficient (Wildman–Crippen LogP) is 5.76. The molecule has 0 saturated heterocycles. The van der Waals surface area contributed by atoms with E-state index >= 15 is 0 Å². The van der Waals surface area contributed by atoms with E-state index in [4.69, 9.17) is 4.52 Å². The Morgan fingerprint density at radius 1 is 0.720 bits per heavy atom. The number of rotatable bonds is 4. The van der Waals surface area contributed by atoms with Crippen LogP contribution >= 0.6 is 15.9 Å². The first kappa shape index (κ1) is 15.8. The van der Waals surface area contributed by atoms with Crippen molar-refractivity contribution in [1.82, 2.24) is 10.1 Å². The minimum atomic E-state index is 0.614. The van der Waals surface area contributed by atoms with Crippen LogP contribution in [0.3, 0.4) is 0 Å². The molecule has 4 rings (SSSR count). The van der Waals surface area contributed by atoms with Crippen LogP contribution in [0.2, 0.25) is 0 Å². The largest absolute Gasteiger partial charge is 0.339 e. The summed E-state index contributed by atoms with van der Waals surface area (Å²) in [6, 6.07) is 26.6. The van der Waals surface area contributed by atoms with Crippen LogP contribution in [0, 0.1) is 0 Å². The smallest absolute Gasteiger partial charge is 0.231 e. The Hall–Kier alpha value is -2.72. The van der Waals surface area contributed by atoms with Gasteiger partial charge < -0.3 is 4.52 Å². The van der Waals surface area contributed by atoms with Crippen molar-refractivity contribution >= 4 is 15.9 Å². The molecule has 122 valence electrons. The van der Waals surface area contributed by atoms with E-state index in [1.54, 1.807) is 0 Å². The first-order valence-corrected chi connectivity index (χ1v) is 8.80. The number of hydrogen-bond donors (Lipinski definition) is 0. The Labute approximate surface area is 154 Å². The lowest BCUT2D eigenvalue weighted by Crippen LogP contribution is -1.89. The first-order chi connectivity index (χ1) is 12.3. The van der Waals surface area contributed by atoms with Crippen molar-refractivity contribution in [2.24, 2.45) is 0 Å². The predicted molar refractivity (Wildman–Crippen MR) is 102 cm³/mol. The van der Waals surface area contributed by atoms with Crippen molar-refractivity contribution in [2.75, 3.05) is 0 Å². The third-order valence-corrected chi connectivity index (χ3v) is 4.52. The summed E-state index contributed by atoms with van der Waals surface area (Å²) in [4.78, 5) is 4.49. The van der Waals surface area contributed by atoms with Gasteiger partial charge in [-0.25, -0.2) is 0 Å². The summed E-state index contributed by atoms with van der Waals surface area (Å²) < 4.78 is 6.42. The number of halogens is 1. The molecule has 3 nitrogen and oxygen atoms in total. The van der Waals surface area contributed by atoms with Crippen LogP contribution in [0.15, 0.2) is 87.9 Å². The van der Waals surface area contributed by atoms with Crippen molar-refractivity contribution in [1.29, 1.82) is 0 Å². The first-order valence-electron chi connectivity index (χ1n) is 8.01. The Bertz CT molecular complexity index is 961. The van der Waals surface area contributed by atoms with Gasteiger partial charge in [0.2, 0.25) is 11.7 Å². The Morgan fingerprint density at radius 2 is 1.36 bits per heavy atom. The summed E-state index contributed by atoms with van der Waals surface area (Å²) in [5, 5.41) is 4.08. The molecule has 0 aliphatic carbocycles. The second kappa shape index (κ2) is 7.03. The van der Waals surface area contributed by atoms with E-state index < -0.39 is 0 Å². The van der Waals surface area contributed by atoms with Crippen molar-refractivity contribution in [2.45, 2.75) is 6.42 Å². The quantitative estimate of drug-likeness (QED) is 0.444. The Morgan fingerprint density at radius 3 is 2.08 bits per heavy atom. The Kier molecular flexibility index (Phi) is 4.44. The molecule has 4 aromatic rings. The SMILES string of the molecule is Brc1ccc(-c2noc(Cc3ccc(-c4ccccc4)cc3)n2)cc1. The molecule has 0 unspecified atom stereocenters. The number of aromatic nitrogens is 2. The second-order valence-electron chi connectivity index (χ2n) is 5.76. The van der Waals surface area contributed by atoms with Crippen molar-refractivity contribution in [3.05, 3.63) is 94.8 Å². The summed E-state index contributed by atoms with van der Waals surface area (Å²) in [6.07, 6.45) is 0.624. The van der Waals surface area contributed by atoms with E-state index in [1.165, 1.54) is 11.1 Å². The van der Waals surface area contributed by atoms with Gasteiger partial charge in [0.1, 0.15) is 0 Å². The molecule has 25 heavy (non-hydrogen) atoms. The fraction of sp³-hybridized carbons (Fsp3) is 0.0476. The standard InChI is InChI=1S/C21H15BrN2O/c22-19-12-10-18(11-13-19)21-23-20(25-24-21)14-15-6-8-17(9-7-15)16-4-2-1-3-5-16/h1-13H,14H2. The average Bonchev–Trinajstić information content (AvgIpc) is 3.12. The third kappa shape index (κ3) is 3.69. The highest BCUT2D eigenvalue weighted by Crippen LogP contribution is 2.22. The Balaban J connectivity index is 1.50. The lowest BCUT2D eigenvalue weighted by atomic mass is 10.0. The van der Waals surface area contributed by atoms with Crippen molar-refractivity contribution in [3.8, 4) is 22.5 Å². The van der Waals surface area contributed by atoms with E-state index in [9.17, 15) is 0 Å². The highest BCUT2D eigenvalue weighted by atomic mass is 79.9. The number of benzene rings is 3. The zero-order valence-corrected chi connectivity index (χ0v) is 15.0. The van der Waals surface area contributed by atoms with Crippen molar-refractivity contribution in [3.63, 3.8) is 0 Å². The van der Waals surface area contributed by atoms with Crippen LogP contribution in [0.5, 0.6) is 0 Å². The fourth-order valence-electron chi connectivity index (χ4n) is 2.66. The zero-order chi connectivity index (χ0) is 17.1. The van der Waals surface area contributed by atoms with Gasteiger partial charge in [-0.1, -0.05) is 75.7 Å². The van der Waals surface area contributed by atoms with Gasteiger partial charge in [-0.15, -0.1) is 0 Å². The van der Waals surface area contributed by atoms with Gasteiger partial charge in [-0.2, -0.15) is 4.98 Å². The molecule has 0 aliphatic rings. The lowest BCUT2D eigenvalue weighted by Gasteiger charge is -2.02. The molecule has 0 N–H and O–H groups in total. The molecule has 0 aliphatic heterocycles.